The van der Waals surface area contributed by atoms with E-state index in [1.165, 1.54) is 24.0 Å². The Kier molecular flexibility index (Phi) is 4.18. The molecule has 2 heterocycles. The largest absolute Gasteiger partial charge is 0.393 e. The summed E-state index contributed by atoms with van der Waals surface area (Å²) < 4.78 is 1.76. The maximum absolute atomic E-state index is 12.9. The standard InChI is InChI=1S/C18H23N3O2S/c1-21-9-13(8-19-21)16(12-6-14(22)7-12)20-18(23)17-15-5-3-2-4-11(15)10-24-17/h8-10,12,14,16,22H,2-7H2,1H3,(H,20,23)/t12?,14?,16-/m1/s1. The molecule has 1 fully saturated rings. The highest BCUT2D eigenvalue weighted by Gasteiger charge is 2.37. The first kappa shape index (κ1) is 15.8. The lowest BCUT2D eigenvalue weighted by atomic mass is 9.75. The van der Waals surface area contributed by atoms with Crippen molar-refractivity contribution in [3.05, 3.63) is 39.3 Å². The number of aryl methyl sites for hydroxylation is 2. The van der Waals surface area contributed by atoms with Crippen molar-refractivity contribution >= 4 is 17.2 Å². The number of aliphatic hydroxyl groups excluding tert-OH is 1. The zero-order chi connectivity index (χ0) is 16.7. The smallest absolute Gasteiger partial charge is 0.262 e. The molecule has 128 valence electrons. The molecule has 2 aromatic rings. The third-order valence-electron chi connectivity index (χ3n) is 5.30. The predicted octanol–water partition coefficient (Wildman–Crippen LogP) is 2.60. The van der Waals surface area contributed by atoms with Crippen LogP contribution in [0.5, 0.6) is 0 Å². The van der Waals surface area contributed by atoms with Gasteiger partial charge in [-0.25, -0.2) is 0 Å². The number of rotatable bonds is 4. The predicted molar refractivity (Wildman–Crippen MR) is 93.1 cm³/mol. The van der Waals surface area contributed by atoms with Crippen LogP contribution in [-0.2, 0) is 19.9 Å². The summed E-state index contributed by atoms with van der Waals surface area (Å²) in [4.78, 5) is 13.8. The van der Waals surface area contributed by atoms with Crippen LogP contribution in [0.15, 0.2) is 17.8 Å². The van der Waals surface area contributed by atoms with Gasteiger partial charge < -0.3 is 10.4 Å². The first-order valence-corrected chi connectivity index (χ1v) is 9.56. The van der Waals surface area contributed by atoms with Gasteiger partial charge in [-0.1, -0.05) is 0 Å². The molecule has 0 aliphatic heterocycles. The van der Waals surface area contributed by atoms with Gasteiger partial charge in [0.2, 0.25) is 0 Å². The van der Waals surface area contributed by atoms with Gasteiger partial charge in [-0.15, -0.1) is 11.3 Å². The molecular weight excluding hydrogens is 322 g/mol. The maximum Gasteiger partial charge on any atom is 0.262 e. The summed E-state index contributed by atoms with van der Waals surface area (Å²) in [5, 5.41) is 19.3. The van der Waals surface area contributed by atoms with Crippen LogP contribution >= 0.6 is 11.3 Å². The molecule has 5 nitrogen and oxygen atoms in total. The molecule has 2 aromatic heterocycles. The number of aliphatic hydroxyl groups is 1. The number of nitrogens with zero attached hydrogens (tertiary/aromatic N) is 2. The fourth-order valence-electron chi connectivity index (χ4n) is 3.89. The first-order chi connectivity index (χ1) is 11.6. The van der Waals surface area contributed by atoms with Gasteiger partial charge in [0.25, 0.3) is 5.91 Å². The quantitative estimate of drug-likeness (QED) is 0.895. The molecule has 0 saturated heterocycles. The van der Waals surface area contributed by atoms with E-state index in [4.69, 9.17) is 0 Å². The second-order valence-corrected chi connectivity index (χ2v) is 7.94. The molecule has 2 aliphatic carbocycles. The van der Waals surface area contributed by atoms with Gasteiger partial charge in [0.1, 0.15) is 0 Å². The minimum atomic E-state index is -0.236. The Morgan fingerprint density at radius 1 is 1.42 bits per heavy atom. The Bertz CT molecular complexity index is 745. The average Bonchev–Trinajstić information content (AvgIpc) is 3.16. The molecule has 6 heteroatoms. The monoisotopic (exact) mass is 345 g/mol. The zero-order valence-electron chi connectivity index (χ0n) is 13.9. The van der Waals surface area contributed by atoms with Crippen LogP contribution in [0.4, 0.5) is 0 Å². The maximum atomic E-state index is 12.9. The average molecular weight is 345 g/mol. The van der Waals surface area contributed by atoms with Gasteiger partial charge in [0.15, 0.2) is 0 Å². The topological polar surface area (TPSA) is 67.2 Å². The summed E-state index contributed by atoms with van der Waals surface area (Å²) in [7, 11) is 1.88. The highest BCUT2D eigenvalue weighted by atomic mass is 32.1. The zero-order valence-corrected chi connectivity index (χ0v) is 14.7. The minimum Gasteiger partial charge on any atom is -0.393 e. The van der Waals surface area contributed by atoms with Crippen molar-refractivity contribution in [3.8, 4) is 0 Å². The van der Waals surface area contributed by atoms with Crippen molar-refractivity contribution in [2.75, 3.05) is 0 Å². The van der Waals surface area contributed by atoms with Crippen molar-refractivity contribution in [2.24, 2.45) is 13.0 Å². The van der Waals surface area contributed by atoms with E-state index in [9.17, 15) is 9.90 Å². The Morgan fingerprint density at radius 3 is 2.92 bits per heavy atom. The Morgan fingerprint density at radius 2 is 2.21 bits per heavy atom. The van der Waals surface area contributed by atoms with E-state index in [-0.39, 0.29) is 24.0 Å². The highest BCUT2D eigenvalue weighted by molar-refractivity contribution is 7.12. The van der Waals surface area contributed by atoms with Crippen LogP contribution in [-0.4, -0.2) is 26.9 Å². The molecule has 0 radical (unpaired) electrons. The minimum absolute atomic E-state index is 0.0263. The summed E-state index contributed by atoms with van der Waals surface area (Å²) in [6.07, 6.45) is 9.53. The summed E-state index contributed by atoms with van der Waals surface area (Å²) in [6, 6.07) is -0.0732. The molecule has 1 saturated carbocycles. The van der Waals surface area contributed by atoms with Crippen molar-refractivity contribution in [3.63, 3.8) is 0 Å². The summed E-state index contributed by atoms with van der Waals surface area (Å²) in [6.45, 7) is 0. The molecule has 2 N–H and O–H groups in total. The van der Waals surface area contributed by atoms with Crippen LogP contribution in [0.3, 0.4) is 0 Å². The van der Waals surface area contributed by atoms with Gasteiger partial charge in [-0.3, -0.25) is 9.48 Å². The number of thiophene rings is 1. The number of amides is 1. The molecule has 0 spiro atoms. The lowest BCUT2D eigenvalue weighted by molar-refractivity contribution is 0.0235. The van der Waals surface area contributed by atoms with E-state index in [1.54, 1.807) is 16.0 Å². The van der Waals surface area contributed by atoms with Crippen LogP contribution in [0, 0.1) is 5.92 Å². The summed E-state index contributed by atoms with van der Waals surface area (Å²) in [5.74, 6) is 0.308. The first-order valence-electron chi connectivity index (χ1n) is 8.68. The molecule has 1 atom stereocenters. The summed E-state index contributed by atoms with van der Waals surface area (Å²) in [5.41, 5.74) is 3.63. The van der Waals surface area contributed by atoms with Crippen LogP contribution in [0.2, 0.25) is 0 Å². The fraction of sp³-hybridized carbons (Fsp3) is 0.556. The molecule has 4 rings (SSSR count). The van der Waals surface area contributed by atoms with Crippen LogP contribution < -0.4 is 5.32 Å². The Balaban J connectivity index is 1.56. The number of nitrogens with one attached hydrogen (secondary N) is 1. The molecule has 0 unspecified atom stereocenters. The summed E-state index contributed by atoms with van der Waals surface area (Å²) >= 11 is 1.57. The fourth-order valence-corrected chi connectivity index (χ4v) is 4.95. The SMILES string of the molecule is Cn1cc([C@H](NC(=O)c2scc3c2CCCC3)C2CC(O)C2)cn1. The van der Waals surface area contributed by atoms with E-state index >= 15 is 0 Å². The van der Waals surface area contributed by atoms with Gasteiger partial charge in [-0.2, -0.15) is 5.10 Å². The van der Waals surface area contributed by atoms with E-state index < -0.39 is 0 Å². The van der Waals surface area contributed by atoms with Crippen LogP contribution in [0.25, 0.3) is 0 Å². The van der Waals surface area contributed by atoms with Crippen molar-refractivity contribution < 1.29 is 9.90 Å². The third-order valence-corrected chi connectivity index (χ3v) is 6.37. The second kappa shape index (κ2) is 6.33. The molecule has 2 aliphatic rings. The Hall–Kier alpha value is -1.66. The number of carbonyl (C=O) groups excluding carboxylic acids is 1. The molecule has 1 amide bonds. The van der Waals surface area contributed by atoms with E-state index in [2.05, 4.69) is 15.8 Å². The van der Waals surface area contributed by atoms with E-state index in [0.29, 0.717) is 0 Å². The van der Waals surface area contributed by atoms with Gasteiger partial charge in [0, 0.05) is 18.8 Å². The van der Waals surface area contributed by atoms with E-state index in [1.807, 2.05) is 19.4 Å². The number of carbonyl (C=O) groups is 1. The van der Waals surface area contributed by atoms with Gasteiger partial charge in [0.05, 0.1) is 23.2 Å². The number of aromatic nitrogens is 2. The highest BCUT2D eigenvalue weighted by Crippen LogP contribution is 2.38. The second-order valence-electron chi connectivity index (χ2n) is 7.06. The molecular formula is C18H23N3O2S. The third kappa shape index (κ3) is 2.89. The van der Waals surface area contributed by atoms with Gasteiger partial charge in [-0.05, 0) is 60.9 Å². The van der Waals surface area contributed by atoms with Gasteiger partial charge >= 0.3 is 0 Å². The normalized spacial score (nSPS) is 24.1. The number of hydrogen-bond donors (Lipinski definition) is 2. The van der Waals surface area contributed by atoms with E-state index in [0.717, 1.165) is 36.1 Å². The molecule has 0 aromatic carbocycles. The van der Waals surface area contributed by atoms with Crippen LogP contribution in [0.1, 0.15) is 58.1 Å². The lowest BCUT2D eigenvalue weighted by Gasteiger charge is -2.37. The molecule has 24 heavy (non-hydrogen) atoms. The lowest BCUT2D eigenvalue weighted by Crippen LogP contribution is -2.41. The van der Waals surface area contributed by atoms with Crippen molar-refractivity contribution in [2.45, 2.75) is 50.7 Å². The van der Waals surface area contributed by atoms with Crippen molar-refractivity contribution in [1.82, 2.24) is 15.1 Å². The number of hydrogen-bond acceptors (Lipinski definition) is 4. The van der Waals surface area contributed by atoms with Crippen molar-refractivity contribution in [1.29, 1.82) is 0 Å². The molecule has 0 bridgehead atoms. The Labute approximate surface area is 145 Å². The number of fused-ring (bicyclic) bond motifs is 1.